The number of phenolic OH excluding ortho intramolecular Hbond substituents is 1. The summed E-state index contributed by atoms with van der Waals surface area (Å²) >= 11 is 0. The van der Waals surface area contributed by atoms with E-state index in [4.69, 9.17) is 4.74 Å². The van der Waals surface area contributed by atoms with Gasteiger partial charge in [0.25, 0.3) is 0 Å². The van der Waals surface area contributed by atoms with Gasteiger partial charge >= 0.3 is 0 Å². The maximum Gasteiger partial charge on any atom is 0.126 e. The van der Waals surface area contributed by atoms with Gasteiger partial charge in [0, 0.05) is 11.0 Å². The fraction of sp³-hybridized carbons (Fsp3) is 0.571. The third-order valence-electron chi connectivity index (χ3n) is 4.57. The molecule has 3 heteroatoms. The molecule has 0 bridgehead atoms. The molecule has 0 saturated heterocycles. The zero-order valence-electron chi connectivity index (χ0n) is 11.0. The van der Waals surface area contributed by atoms with Gasteiger partial charge in [-0.2, -0.15) is 0 Å². The fourth-order valence-corrected chi connectivity index (χ4v) is 2.31. The molecule has 2 rings (SSSR count). The molecule has 17 heavy (non-hydrogen) atoms. The van der Waals surface area contributed by atoms with Crippen molar-refractivity contribution in [1.29, 1.82) is 0 Å². The van der Waals surface area contributed by atoms with Crippen molar-refractivity contribution in [3.05, 3.63) is 23.8 Å². The Balaban J connectivity index is 2.70. The van der Waals surface area contributed by atoms with Crippen molar-refractivity contribution in [3.63, 3.8) is 0 Å². The molecule has 0 spiro atoms. The summed E-state index contributed by atoms with van der Waals surface area (Å²) in [5.74, 6) is 0.778. The van der Waals surface area contributed by atoms with Crippen LogP contribution in [0.5, 0.6) is 11.5 Å². The van der Waals surface area contributed by atoms with Crippen molar-refractivity contribution in [2.45, 2.75) is 45.8 Å². The smallest absolute Gasteiger partial charge is 0.126 e. The average Bonchev–Trinajstić information content (AvgIpc) is 2.18. The second kappa shape index (κ2) is 3.16. The highest BCUT2D eigenvalue weighted by atomic mass is 16.5. The third kappa shape index (κ3) is 1.45. The van der Waals surface area contributed by atoms with Gasteiger partial charge in [-0.1, -0.05) is 13.8 Å². The number of aliphatic hydroxyl groups is 1. The van der Waals surface area contributed by atoms with Crippen LogP contribution in [-0.4, -0.2) is 15.8 Å². The van der Waals surface area contributed by atoms with Crippen LogP contribution in [0, 0.1) is 5.41 Å². The lowest BCUT2D eigenvalue weighted by atomic mass is 9.61. The summed E-state index contributed by atoms with van der Waals surface area (Å²) in [6.45, 7) is 9.66. The average molecular weight is 236 g/mol. The van der Waals surface area contributed by atoms with Gasteiger partial charge in [-0.3, -0.25) is 0 Å². The summed E-state index contributed by atoms with van der Waals surface area (Å²) in [7, 11) is 0. The number of rotatable bonds is 0. The van der Waals surface area contributed by atoms with Crippen LogP contribution in [0.1, 0.15) is 40.2 Å². The number of phenols is 1. The molecule has 94 valence electrons. The van der Waals surface area contributed by atoms with Crippen LogP contribution < -0.4 is 4.74 Å². The van der Waals surface area contributed by atoms with Gasteiger partial charge in [0.1, 0.15) is 17.1 Å². The molecule has 0 amide bonds. The Morgan fingerprint density at radius 1 is 1.06 bits per heavy atom. The number of ether oxygens (including phenoxy) is 1. The van der Waals surface area contributed by atoms with E-state index in [0.717, 1.165) is 0 Å². The topological polar surface area (TPSA) is 49.7 Å². The van der Waals surface area contributed by atoms with E-state index in [0.29, 0.717) is 11.3 Å². The van der Waals surface area contributed by atoms with Gasteiger partial charge in [0.15, 0.2) is 0 Å². The lowest BCUT2D eigenvalue weighted by molar-refractivity contribution is -0.169. The van der Waals surface area contributed by atoms with Crippen molar-refractivity contribution in [1.82, 2.24) is 0 Å². The largest absolute Gasteiger partial charge is 0.508 e. The predicted octanol–water partition coefficient (Wildman–Crippen LogP) is 2.80. The predicted molar refractivity (Wildman–Crippen MR) is 66.2 cm³/mol. The van der Waals surface area contributed by atoms with Crippen LogP contribution >= 0.6 is 0 Å². The monoisotopic (exact) mass is 236 g/mol. The van der Waals surface area contributed by atoms with Crippen molar-refractivity contribution >= 4 is 0 Å². The van der Waals surface area contributed by atoms with Gasteiger partial charge in [0.05, 0.1) is 5.60 Å². The molecule has 1 aromatic rings. The summed E-state index contributed by atoms with van der Waals surface area (Å²) < 4.78 is 5.95. The summed E-state index contributed by atoms with van der Waals surface area (Å²) in [5, 5.41) is 20.4. The quantitative estimate of drug-likeness (QED) is 0.728. The van der Waals surface area contributed by atoms with E-state index in [9.17, 15) is 10.2 Å². The minimum Gasteiger partial charge on any atom is -0.508 e. The number of hydrogen-bond acceptors (Lipinski definition) is 3. The fourth-order valence-electron chi connectivity index (χ4n) is 2.31. The molecule has 0 radical (unpaired) electrons. The maximum absolute atomic E-state index is 10.8. The molecular formula is C14H20O3. The van der Waals surface area contributed by atoms with Crippen LogP contribution in [0.3, 0.4) is 0 Å². The van der Waals surface area contributed by atoms with Gasteiger partial charge in [0.2, 0.25) is 0 Å². The van der Waals surface area contributed by atoms with Crippen LogP contribution in [0.4, 0.5) is 0 Å². The first kappa shape index (κ1) is 12.2. The van der Waals surface area contributed by atoms with Crippen LogP contribution in [0.25, 0.3) is 0 Å². The highest BCUT2D eigenvalue weighted by Gasteiger charge is 2.56. The van der Waals surface area contributed by atoms with E-state index in [-0.39, 0.29) is 5.75 Å². The van der Waals surface area contributed by atoms with Crippen molar-refractivity contribution < 1.29 is 14.9 Å². The molecular weight excluding hydrogens is 216 g/mol. The molecule has 1 aliphatic heterocycles. The third-order valence-corrected chi connectivity index (χ3v) is 4.57. The Bertz CT molecular complexity index is 459. The van der Waals surface area contributed by atoms with E-state index >= 15 is 0 Å². The highest BCUT2D eigenvalue weighted by molar-refractivity contribution is 5.46. The normalized spacial score (nSPS) is 29.3. The highest BCUT2D eigenvalue weighted by Crippen LogP contribution is 2.55. The van der Waals surface area contributed by atoms with E-state index in [1.807, 2.05) is 27.7 Å². The summed E-state index contributed by atoms with van der Waals surface area (Å²) in [4.78, 5) is 0. The molecule has 1 unspecified atom stereocenters. The molecule has 1 aliphatic rings. The lowest BCUT2D eigenvalue weighted by Crippen LogP contribution is -2.58. The van der Waals surface area contributed by atoms with Crippen LogP contribution in [0.15, 0.2) is 18.2 Å². The second-order valence-electron chi connectivity index (χ2n) is 5.99. The zero-order valence-corrected chi connectivity index (χ0v) is 11.0. The maximum atomic E-state index is 10.8. The molecule has 2 N–H and O–H groups in total. The summed E-state index contributed by atoms with van der Waals surface area (Å²) in [6.07, 6.45) is 0. The first-order valence-electron chi connectivity index (χ1n) is 5.84. The summed E-state index contributed by atoms with van der Waals surface area (Å²) in [5.41, 5.74) is -1.37. The zero-order chi connectivity index (χ0) is 13.1. The first-order valence-corrected chi connectivity index (χ1v) is 5.84. The van der Waals surface area contributed by atoms with Crippen molar-refractivity contribution in [3.8, 4) is 11.5 Å². The molecule has 1 aromatic carbocycles. The Morgan fingerprint density at radius 3 is 2.24 bits per heavy atom. The van der Waals surface area contributed by atoms with Gasteiger partial charge in [-0.05, 0) is 39.0 Å². The van der Waals surface area contributed by atoms with Gasteiger partial charge in [-0.15, -0.1) is 0 Å². The number of fused-ring (bicyclic) bond motifs is 1. The number of benzene rings is 1. The van der Waals surface area contributed by atoms with Crippen LogP contribution in [0.2, 0.25) is 0 Å². The Labute approximate surface area is 102 Å². The molecule has 0 saturated carbocycles. The Morgan fingerprint density at radius 2 is 1.65 bits per heavy atom. The van der Waals surface area contributed by atoms with E-state index in [1.165, 1.54) is 0 Å². The van der Waals surface area contributed by atoms with Crippen molar-refractivity contribution in [2.24, 2.45) is 5.41 Å². The standard InChI is InChI=1S/C14H20O3/c1-12(2)13(3,4)17-11-7-6-9(15)8-10(11)14(12,5)16/h6-8,15-16H,1-5H3. The minimum absolute atomic E-state index is 0.142. The Kier molecular flexibility index (Phi) is 2.28. The molecule has 0 aromatic heterocycles. The molecule has 0 aliphatic carbocycles. The first-order chi connectivity index (χ1) is 7.59. The molecule has 1 atom stereocenters. The molecule has 3 nitrogen and oxygen atoms in total. The van der Waals surface area contributed by atoms with E-state index < -0.39 is 16.6 Å². The van der Waals surface area contributed by atoms with Crippen LogP contribution in [-0.2, 0) is 5.60 Å². The number of aromatic hydroxyl groups is 1. The second-order valence-corrected chi connectivity index (χ2v) is 5.99. The number of hydrogen-bond donors (Lipinski definition) is 2. The Hall–Kier alpha value is -1.22. The molecule has 1 heterocycles. The van der Waals surface area contributed by atoms with E-state index in [1.54, 1.807) is 25.1 Å². The molecule has 0 fully saturated rings. The summed E-state index contributed by atoms with van der Waals surface area (Å²) in [6, 6.07) is 4.85. The minimum atomic E-state index is -1.05. The lowest BCUT2D eigenvalue weighted by Gasteiger charge is -2.54. The SMILES string of the molecule is CC1(C)Oc2ccc(O)cc2C(C)(O)C1(C)C. The van der Waals surface area contributed by atoms with Crippen molar-refractivity contribution in [2.75, 3.05) is 0 Å². The van der Waals surface area contributed by atoms with E-state index in [2.05, 4.69) is 0 Å². The van der Waals surface area contributed by atoms with Gasteiger partial charge in [-0.25, -0.2) is 0 Å². The van der Waals surface area contributed by atoms with Gasteiger partial charge < -0.3 is 14.9 Å².